The number of hydrazine groups is 1. The van der Waals surface area contributed by atoms with Crippen molar-refractivity contribution in [2.24, 2.45) is 0 Å². The lowest BCUT2D eigenvalue weighted by Gasteiger charge is -2.34. The molecule has 1 aliphatic rings. The van der Waals surface area contributed by atoms with Crippen LogP contribution >= 0.6 is 0 Å². The van der Waals surface area contributed by atoms with Crippen LogP contribution in [0.5, 0.6) is 0 Å². The summed E-state index contributed by atoms with van der Waals surface area (Å²) in [5, 5.41) is 2.28. The van der Waals surface area contributed by atoms with Gasteiger partial charge in [0.25, 0.3) is 0 Å². The summed E-state index contributed by atoms with van der Waals surface area (Å²) in [4.78, 5) is 2.35. The van der Waals surface area contributed by atoms with Gasteiger partial charge in [0.2, 0.25) is 0 Å². The van der Waals surface area contributed by atoms with Crippen molar-refractivity contribution < 1.29 is 4.74 Å². The van der Waals surface area contributed by atoms with Gasteiger partial charge in [-0.25, -0.2) is 10.4 Å². The molecule has 13 heavy (non-hydrogen) atoms. The van der Waals surface area contributed by atoms with E-state index in [1.165, 1.54) is 0 Å². The van der Waals surface area contributed by atoms with Gasteiger partial charge in [0.1, 0.15) is 0 Å². The predicted octanol–water partition coefficient (Wildman–Crippen LogP) is -0.227. The third-order valence-corrected chi connectivity index (χ3v) is 2.32. The van der Waals surface area contributed by atoms with Gasteiger partial charge in [0.05, 0.1) is 6.61 Å². The molecule has 1 rings (SSSR count). The Balaban J connectivity index is 2.14. The van der Waals surface area contributed by atoms with E-state index >= 15 is 0 Å². The minimum absolute atomic E-state index is 0.411. The Kier molecular flexibility index (Phi) is 4.66. The van der Waals surface area contributed by atoms with Crippen molar-refractivity contribution in [1.29, 1.82) is 0 Å². The van der Waals surface area contributed by atoms with Crippen molar-refractivity contribution in [1.82, 2.24) is 15.3 Å². The molecule has 1 heterocycles. The molecule has 78 valence electrons. The van der Waals surface area contributed by atoms with Crippen LogP contribution < -0.4 is 5.43 Å². The number of hydrogen-bond acceptors (Lipinski definition) is 4. The summed E-state index contributed by atoms with van der Waals surface area (Å²) in [5.41, 5.74) is 3.42. The zero-order valence-corrected chi connectivity index (χ0v) is 8.92. The molecule has 0 spiro atoms. The van der Waals surface area contributed by atoms with E-state index in [-0.39, 0.29) is 0 Å². The highest BCUT2D eigenvalue weighted by atomic mass is 16.5. The monoisotopic (exact) mass is 187 g/mol. The maximum Gasteiger partial charge on any atom is 0.0626 e. The molecule has 1 saturated heterocycles. The third-order valence-electron chi connectivity index (χ3n) is 2.32. The summed E-state index contributed by atoms with van der Waals surface area (Å²) >= 11 is 0. The fourth-order valence-corrected chi connectivity index (χ4v) is 1.53. The van der Waals surface area contributed by atoms with Crippen molar-refractivity contribution >= 4 is 0 Å². The maximum atomic E-state index is 5.07. The Morgan fingerprint density at radius 1 is 1.31 bits per heavy atom. The number of likely N-dealkylation sites (N-methyl/N-ethyl adjacent to an activating group) is 1. The van der Waals surface area contributed by atoms with Crippen LogP contribution in [0.2, 0.25) is 0 Å². The van der Waals surface area contributed by atoms with Gasteiger partial charge in [-0.3, -0.25) is 0 Å². The topological polar surface area (TPSA) is 27.7 Å². The van der Waals surface area contributed by atoms with Crippen molar-refractivity contribution in [3.05, 3.63) is 0 Å². The minimum atomic E-state index is 0.411. The summed E-state index contributed by atoms with van der Waals surface area (Å²) in [6.45, 7) is 7.41. The van der Waals surface area contributed by atoms with Crippen molar-refractivity contribution in [3.63, 3.8) is 0 Å². The molecule has 1 unspecified atom stereocenters. The zero-order chi connectivity index (χ0) is 9.68. The first-order valence-corrected chi connectivity index (χ1v) is 4.91. The second-order valence-electron chi connectivity index (χ2n) is 3.78. The van der Waals surface area contributed by atoms with Gasteiger partial charge < -0.3 is 9.64 Å². The molecule has 1 N–H and O–H groups in total. The molecule has 0 amide bonds. The fourth-order valence-electron chi connectivity index (χ4n) is 1.53. The summed E-state index contributed by atoms with van der Waals surface area (Å²) in [6.07, 6.45) is 0. The lowest BCUT2D eigenvalue weighted by atomic mass is 10.3. The summed E-state index contributed by atoms with van der Waals surface area (Å²) in [7, 11) is 3.90. The number of methoxy groups -OCH3 is 1. The summed E-state index contributed by atoms with van der Waals surface area (Å²) < 4.78 is 5.07. The van der Waals surface area contributed by atoms with Gasteiger partial charge in [0.15, 0.2) is 0 Å². The van der Waals surface area contributed by atoms with Crippen molar-refractivity contribution in [2.45, 2.75) is 13.0 Å². The number of piperazine rings is 1. The normalized spacial score (nSPS) is 23.3. The van der Waals surface area contributed by atoms with Gasteiger partial charge in [-0.05, 0) is 14.0 Å². The van der Waals surface area contributed by atoms with Crippen LogP contribution in [0, 0.1) is 0 Å². The highest BCUT2D eigenvalue weighted by molar-refractivity contribution is 4.68. The molecule has 0 saturated carbocycles. The molecular weight excluding hydrogens is 166 g/mol. The average molecular weight is 187 g/mol. The van der Waals surface area contributed by atoms with E-state index in [2.05, 4.69) is 29.3 Å². The molecule has 0 aliphatic carbocycles. The second-order valence-corrected chi connectivity index (χ2v) is 3.78. The molecule has 4 nitrogen and oxygen atoms in total. The number of nitrogens with zero attached hydrogens (tertiary/aromatic N) is 2. The minimum Gasteiger partial charge on any atom is -0.383 e. The number of ether oxygens (including phenoxy) is 1. The van der Waals surface area contributed by atoms with Crippen LogP contribution in [0.4, 0.5) is 0 Å². The fraction of sp³-hybridized carbons (Fsp3) is 1.00. The van der Waals surface area contributed by atoms with Crippen LogP contribution in [-0.2, 0) is 4.74 Å². The Labute approximate surface area is 80.8 Å². The zero-order valence-electron chi connectivity index (χ0n) is 8.92. The molecule has 0 aromatic heterocycles. The average Bonchev–Trinajstić information content (AvgIpc) is 2.09. The van der Waals surface area contributed by atoms with Gasteiger partial charge >= 0.3 is 0 Å². The second kappa shape index (κ2) is 5.54. The van der Waals surface area contributed by atoms with Gasteiger partial charge in [0, 0.05) is 39.3 Å². The standard InChI is InChI=1S/C9H21N3O/c1-9(8-13-3)10-12-6-4-11(2)5-7-12/h9-10H,4-8H2,1-3H3. The van der Waals surface area contributed by atoms with Crippen molar-refractivity contribution in [3.8, 4) is 0 Å². The summed E-state index contributed by atoms with van der Waals surface area (Å²) in [5.74, 6) is 0. The Bertz CT molecular complexity index is 135. The van der Waals surface area contributed by atoms with Crippen LogP contribution in [0.15, 0.2) is 0 Å². The number of rotatable bonds is 4. The molecule has 0 bridgehead atoms. The highest BCUT2D eigenvalue weighted by Crippen LogP contribution is 1.96. The lowest BCUT2D eigenvalue weighted by molar-refractivity contribution is 0.0652. The predicted molar refractivity (Wildman–Crippen MR) is 53.5 cm³/mol. The first kappa shape index (κ1) is 10.9. The molecule has 1 aliphatic heterocycles. The number of nitrogens with one attached hydrogen (secondary N) is 1. The van der Waals surface area contributed by atoms with Crippen LogP contribution in [0.1, 0.15) is 6.92 Å². The molecule has 4 heteroatoms. The smallest absolute Gasteiger partial charge is 0.0626 e. The van der Waals surface area contributed by atoms with Crippen LogP contribution in [0.25, 0.3) is 0 Å². The van der Waals surface area contributed by atoms with Crippen LogP contribution in [0.3, 0.4) is 0 Å². The molecule has 0 aromatic rings. The van der Waals surface area contributed by atoms with Crippen molar-refractivity contribution in [2.75, 3.05) is 46.9 Å². The molecule has 1 fully saturated rings. The Morgan fingerprint density at radius 3 is 2.46 bits per heavy atom. The van der Waals surface area contributed by atoms with Gasteiger partial charge in [-0.15, -0.1) is 0 Å². The molecular formula is C9H21N3O. The highest BCUT2D eigenvalue weighted by Gasteiger charge is 2.14. The SMILES string of the molecule is COCC(C)NN1CCN(C)CC1. The first-order valence-electron chi connectivity index (χ1n) is 4.91. The Morgan fingerprint density at radius 2 is 1.92 bits per heavy atom. The van der Waals surface area contributed by atoms with E-state index in [4.69, 9.17) is 4.74 Å². The lowest BCUT2D eigenvalue weighted by Crippen LogP contribution is -2.54. The number of hydrogen-bond donors (Lipinski definition) is 1. The van der Waals surface area contributed by atoms with E-state index in [0.29, 0.717) is 6.04 Å². The maximum absolute atomic E-state index is 5.07. The molecule has 0 aromatic carbocycles. The van der Waals surface area contributed by atoms with Gasteiger partial charge in [-0.2, -0.15) is 0 Å². The Hall–Kier alpha value is -0.160. The van der Waals surface area contributed by atoms with E-state index in [1.807, 2.05) is 0 Å². The van der Waals surface area contributed by atoms with E-state index in [9.17, 15) is 0 Å². The largest absolute Gasteiger partial charge is 0.383 e. The quantitative estimate of drug-likeness (QED) is 0.658. The first-order chi connectivity index (χ1) is 6.22. The van der Waals surface area contributed by atoms with Crippen LogP contribution in [-0.4, -0.2) is 62.9 Å². The van der Waals surface area contributed by atoms with E-state index < -0.39 is 0 Å². The van der Waals surface area contributed by atoms with Gasteiger partial charge in [-0.1, -0.05) is 0 Å². The molecule has 0 radical (unpaired) electrons. The third kappa shape index (κ3) is 4.04. The molecule has 1 atom stereocenters. The summed E-state index contributed by atoms with van der Waals surface area (Å²) in [6, 6.07) is 0.411. The van der Waals surface area contributed by atoms with E-state index in [0.717, 1.165) is 32.8 Å². The van der Waals surface area contributed by atoms with E-state index in [1.54, 1.807) is 7.11 Å².